The highest BCUT2D eigenvalue weighted by Gasteiger charge is 2.37. The van der Waals surface area contributed by atoms with Crippen molar-refractivity contribution < 1.29 is 29.4 Å². The maximum atomic E-state index is 10.3. The second kappa shape index (κ2) is 9.62. The number of nitro benzene ring substituents is 1. The van der Waals surface area contributed by atoms with Crippen LogP contribution in [0.4, 0.5) is 5.69 Å². The third-order valence-electron chi connectivity index (χ3n) is 3.59. The number of aliphatic hydroxyl groups excluding tert-OH is 1. The number of hydrogen-bond donors (Lipinski definition) is 2. The van der Waals surface area contributed by atoms with Crippen molar-refractivity contribution in [1.82, 2.24) is 0 Å². The highest BCUT2D eigenvalue weighted by molar-refractivity contribution is 5.87. The number of rotatable bonds is 7. The van der Waals surface area contributed by atoms with Gasteiger partial charge in [0.2, 0.25) is 0 Å². The predicted octanol–water partition coefficient (Wildman–Crippen LogP) is 2.26. The molecule has 2 atom stereocenters. The Labute approximate surface area is 149 Å². The van der Waals surface area contributed by atoms with Crippen molar-refractivity contribution in [3.63, 3.8) is 0 Å². The van der Waals surface area contributed by atoms with E-state index >= 15 is 0 Å². The predicted molar refractivity (Wildman–Crippen MR) is 91.9 cm³/mol. The van der Waals surface area contributed by atoms with Crippen molar-refractivity contribution in [1.29, 1.82) is 0 Å². The summed E-state index contributed by atoms with van der Waals surface area (Å²) in [6.07, 6.45) is 0.106. The average Bonchev–Trinajstić information content (AvgIpc) is 3.42. The Kier molecular flexibility index (Phi) is 7.22. The number of nitro groups is 1. The van der Waals surface area contributed by atoms with Gasteiger partial charge < -0.3 is 19.7 Å². The summed E-state index contributed by atoms with van der Waals surface area (Å²) in [6, 6.07) is 14.7. The number of non-ortho nitro benzene ring substituents is 1. The van der Waals surface area contributed by atoms with Gasteiger partial charge in [0.05, 0.1) is 30.3 Å². The molecule has 0 aromatic heterocycles. The van der Waals surface area contributed by atoms with Gasteiger partial charge in [-0.3, -0.25) is 10.1 Å². The smallest absolute Gasteiger partial charge is 0.335 e. The molecule has 8 nitrogen and oxygen atoms in total. The quantitative estimate of drug-likeness (QED) is 0.440. The molecule has 0 saturated carbocycles. The van der Waals surface area contributed by atoms with Gasteiger partial charge in [-0.25, -0.2) is 4.79 Å². The molecular weight excluding hydrogens is 342 g/mol. The summed E-state index contributed by atoms with van der Waals surface area (Å²) in [7, 11) is 0. The lowest BCUT2D eigenvalue weighted by molar-refractivity contribution is -0.384. The van der Waals surface area contributed by atoms with Crippen molar-refractivity contribution in [2.45, 2.75) is 18.8 Å². The van der Waals surface area contributed by atoms with Gasteiger partial charge in [-0.2, -0.15) is 0 Å². The molecule has 3 rings (SSSR count). The van der Waals surface area contributed by atoms with Crippen LogP contribution in [-0.2, 0) is 16.1 Å². The first-order chi connectivity index (χ1) is 12.5. The van der Waals surface area contributed by atoms with Crippen molar-refractivity contribution >= 4 is 11.7 Å². The summed E-state index contributed by atoms with van der Waals surface area (Å²) >= 11 is 0. The van der Waals surface area contributed by atoms with Crippen LogP contribution in [0.5, 0.6) is 0 Å². The molecule has 1 saturated heterocycles. The fourth-order valence-corrected chi connectivity index (χ4v) is 2.08. The van der Waals surface area contributed by atoms with E-state index in [0.29, 0.717) is 13.2 Å². The molecule has 1 aliphatic heterocycles. The number of hydrogen-bond acceptors (Lipinski definition) is 6. The lowest BCUT2D eigenvalue weighted by Gasteiger charge is -2.01. The molecule has 0 amide bonds. The molecule has 2 aromatic carbocycles. The molecule has 8 heteroatoms. The Morgan fingerprint density at radius 3 is 2.27 bits per heavy atom. The lowest BCUT2D eigenvalue weighted by atomic mass is 10.2. The van der Waals surface area contributed by atoms with E-state index in [1.807, 2.05) is 30.3 Å². The molecule has 138 valence electrons. The van der Waals surface area contributed by atoms with Crippen LogP contribution >= 0.6 is 0 Å². The number of epoxide rings is 1. The SMILES string of the molecule is O=C(O)c1ccc([N+](=O)[O-])cc1.OCC1OC1COCc1ccccc1. The number of carbonyl (C=O) groups is 1. The number of carboxylic acid groups (broad SMARTS) is 1. The summed E-state index contributed by atoms with van der Waals surface area (Å²) in [5, 5.41) is 27.3. The van der Waals surface area contributed by atoms with Crippen LogP contribution in [0, 0.1) is 10.1 Å². The number of aromatic carboxylic acids is 1. The normalized spacial score (nSPS) is 17.7. The number of nitrogens with zero attached hydrogens (tertiary/aromatic N) is 1. The van der Waals surface area contributed by atoms with Crippen LogP contribution in [0.25, 0.3) is 0 Å². The maximum Gasteiger partial charge on any atom is 0.335 e. The Bertz CT molecular complexity index is 685. The summed E-state index contributed by atoms with van der Waals surface area (Å²) in [6.45, 7) is 1.28. The maximum absolute atomic E-state index is 10.3. The molecule has 0 spiro atoms. The monoisotopic (exact) mass is 361 g/mol. The molecule has 26 heavy (non-hydrogen) atoms. The number of ether oxygens (including phenoxy) is 2. The Balaban J connectivity index is 0.000000190. The molecule has 2 unspecified atom stereocenters. The minimum absolute atomic E-state index is 0.00535. The van der Waals surface area contributed by atoms with E-state index in [9.17, 15) is 14.9 Å². The van der Waals surface area contributed by atoms with Gasteiger partial charge in [0.1, 0.15) is 12.2 Å². The van der Waals surface area contributed by atoms with E-state index < -0.39 is 10.9 Å². The van der Waals surface area contributed by atoms with E-state index in [1.54, 1.807) is 0 Å². The van der Waals surface area contributed by atoms with Crippen molar-refractivity contribution in [2.24, 2.45) is 0 Å². The lowest BCUT2D eigenvalue weighted by Crippen LogP contribution is -2.07. The summed E-state index contributed by atoms with van der Waals surface area (Å²) in [5.74, 6) is -1.09. The van der Waals surface area contributed by atoms with Gasteiger partial charge in [-0.1, -0.05) is 30.3 Å². The van der Waals surface area contributed by atoms with E-state index in [2.05, 4.69) is 0 Å². The fourth-order valence-electron chi connectivity index (χ4n) is 2.08. The van der Waals surface area contributed by atoms with Crippen LogP contribution < -0.4 is 0 Å². The van der Waals surface area contributed by atoms with Gasteiger partial charge >= 0.3 is 5.97 Å². The first kappa shape index (κ1) is 19.5. The summed E-state index contributed by atoms with van der Waals surface area (Å²) in [5.41, 5.74) is 1.09. The largest absolute Gasteiger partial charge is 0.478 e. The van der Waals surface area contributed by atoms with Crippen LogP contribution in [0.15, 0.2) is 54.6 Å². The Hall–Kier alpha value is -2.81. The third-order valence-corrected chi connectivity index (χ3v) is 3.59. The van der Waals surface area contributed by atoms with E-state index in [-0.39, 0.29) is 30.1 Å². The molecule has 0 radical (unpaired) electrons. The fraction of sp³-hybridized carbons (Fsp3) is 0.278. The zero-order valence-corrected chi connectivity index (χ0v) is 13.9. The number of carboxylic acids is 1. The van der Waals surface area contributed by atoms with Crippen molar-refractivity contribution in [3.05, 3.63) is 75.8 Å². The molecule has 1 fully saturated rings. The minimum Gasteiger partial charge on any atom is -0.478 e. The minimum atomic E-state index is -1.09. The Morgan fingerprint density at radius 1 is 1.12 bits per heavy atom. The number of aliphatic hydroxyl groups is 1. The first-order valence-electron chi connectivity index (χ1n) is 7.87. The summed E-state index contributed by atoms with van der Waals surface area (Å²) in [4.78, 5) is 19.9. The Morgan fingerprint density at radius 2 is 1.77 bits per heavy atom. The first-order valence-corrected chi connectivity index (χ1v) is 7.87. The van der Waals surface area contributed by atoms with E-state index in [1.165, 1.54) is 12.1 Å². The van der Waals surface area contributed by atoms with Crippen LogP contribution in [-0.4, -0.2) is 46.5 Å². The zero-order valence-electron chi connectivity index (χ0n) is 13.9. The van der Waals surface area contributed by atoms with Crippen molar-refractivity contribution in [2.75, 3.05) is 13.2 Å². The highest BCUT2D eigenvalue weighted by atomic mass is 16.6. The molecular formula is C18H19NO7. The molecule has 0 bridgehead atoms. The standard InChI is InChI=1S/C11H14O3.C7H5NO4/c12-6-10-11(14-10)8-13-7-9-4-2-1-3-5-9;9-7(10)5-1-3-6(4-2-5)8(11)12/h1-5,10-12H,6-8H2;1-4H,(H,9,10). The second-order valence-corrected chi connectivity index (χ2v) is 5.51. The molecule has 1 aliphatic rings. The van der Waals surface area contributed by atoms with E-state index in [4.69, 9.17) is 19.7 Å². The topological polar surface area (TPSA) is 122 Å². The molecule has 0 aliphatic carbocycles. The second-order valence-electron chi connectivity index (χ2n) is 5.51. The third kappa shape index (κ3) is 6.25. The molecule has 2 aromatic rings. The highest BCUT2D eigenvalue weighted by Crippen LogP contribution is 2.21. The van der Waals surface area contributed by atoms with E-state index in [0.717, 1.165) is 17.7 Å². The van der Waals surface area contributed by atoms with Gasteiger partial charge in [0.25, 0.3) is 5.69 Å². The average molecular weight is 361 g/mol. The van der Waals surface area contributed by atoms with Gasteiger partial charge in [-0.15, -0.1) is 0 Å². The zero-order chi connectivity index (χ0) is 18.9. The van der Waals surface area contributed by atoms with Crippen LogP contribution in [0.2, 0.25) is 0 Å². The molecule has 2 N–H and O–H groups in total. The molecule has 1 heterocycles. The van der Waals surface area contributed by atoms with Crippen LogP contribution in [0.3, 0.4) is 0 Å². The van der Waals surface area contributed by atoms with Crippen LogP contribution in [0.1, 0.15) is 15.9 Å². The number of benzene rings is 2. The van der Waals surface area contributed by atoms with Gasteiger partial charge in [0, 0.05) is 12.1 Å². The van der Waals surface area contributed by atoms with Gasteiger partial charge in [-0.05, 0) is 17.7 Å². The van der Waals surface area contributed by atoms with Gasteiger partial charge in [0.15, 0.2) is 0 Å². The van der Waals surface area contributed by atoms with Crippen molar-refractivity contribution in [3.8, 4) is 0 Å². The summed E-state index contributed by atoms with van der Waals surface area (Å²) < 4.78 is 10.6.